The first-order valence-corrected chi connectivity index (χ1v) is 32.9. The fraction of sp³-hybridized carbons (Fsp3) is 0.722. The fourth-order valence-electron chi connectivity index (χ4n) is 9.43. The van der Waals surface area contributed by atoms with E-state index in [4.69, 9.17) is 9.47 Å². The molecule has 5 heteroatoms. The van der Waals surface area contributed by atoms with Crippen LogP contribution < -0.4 is 0 Å². The molecule has 0 radical (unpaired) electrons. The maximum absolute atomic E-state index is 12.3. The summed E-state index contributed by atoms with van der Waals surface area (Å²) in [6.45, 7) is 4.06. The lowest BCUT2D eigenvalue weighted by molar-refractivity contribution is -0.161. The maximum Gasteiger partial charge on any atom is 0.306 e. The van der Waals surface area contributed by atoms with Crippen LogP contribution in [0.3, 0.4) is 0 Å². The minimum atomic E-state index is -0.776. The molecule has 0 spiro atoms. The van der Waals surface area contributed by atoms with Crippen molar-refractivity contribution in [3.05, 3.63) is 109 Å². The van der Waals surface area contributed by atoms with Crippen molar-refractivity contribution in [2.45, 2.75) is 322 Å². The number of aliphatic hydroxyl groups excluding tert-OH is 1. The first kappa shape index (κ1) is 73.6. The highest BCUT2D eigenvalue weighted by molar-refractivity contribution is 5.70. The maximum atomic E-state index is 12.3. The Bertz CT molecular complexity index is 1490. The summed E-state index contributed by atoms with van der Waals surface area (Å²) in [5.41, 5.74) is 0. The van der Waals surface area contributed by atoms with Crippen molar-refractivity contribution in [1.29, 1.82) is 0 Å². The van der Waals surface area contributed by atoms with Gasteiger partial charge in [-0.2, -0.15) is 0 Å². The normalized spacial score (nSPS) is 12.9. The minimum Gasteiger partial charge on any atom is -0.462 e. The Morgan fingerprint density at radius 2 is 0.558 bits per heavy atom. The van der Waals surface area contributed by atoms with Gasteiger partial charge in [-0.3, -0.25) is 9.59 Å². The molecule has 0 aliphatic carbocycles. The first-order valence-electron chi connectivity index (χ1n) is 32.9. The third-order valence-corrected chi connectivity index (χ3v) is 14.3. The SMILES string of the molecule is CC/C=C\C/C=C\C/C=C\C/C=C\C/C=C\C/C=C\C/C=C\C/C=C\C/C=C\CCCCCCCCCCCCCCCC(=O)OC(CO)COC(=O)CCCCCCCCCCCCCCCCCCCCCCCC. The quantitative estimate of drug-likeness (QED) is 0.0373. The van der Waals surface area contributed by atoms with Crippen LogP contribution in [0.15, 0.2) is 109 Å². The van der Waals surface area contributed by atoms with Crippen LogP contribution in [0.25, 0.3) is 0 Å². The number of aliphatic hydroxyl groups is 1. The van der Waals surface area contributed by atoms with Gasteiger partial charge in [0.2, 0.25) is 0 Å². The van der Waals surface area contributed by atoms with Crippen molar-refractivity contribution in [2.75, 3.05) is 13.2 Å². The number of hydrogen-bond acceptors (Lipinski definition) is 5. The molecule has 5 nitrogen and oxygen atoms in total. The molecule has 0 heterocycles. The van der Waals surface area contributed by atoms with Crippen LogP contribution in [-0.4, -0.2) is 36.4 Å². The molecule has 0 aromatic heterocycles. The van der Waals surface area contributed by atoms with E-state index in [1.165, 1.54) is 193 Å². The van der Waals surface area contributed by atoms with Crippen LogP contribution in [0.5, 0.6) is 0 Å². The second kappa shape index (κ2) is 66.8. The molecule has 0 rings (SSSR count). The zero-order valence-corrected chi connectivity index (χ0v) is 50.7. The summed E-state index contributed by atoms with van der Waals surface area (Å²) in [6, 6.07) is 0. The Hall–Kier alpha value is -3.44. The van der Waals surface area contributed by atoms with E-state index in [1.54, 1.807) is 0 Å². The van der Waals surface area contributed by atoms with Crippen LogP contribution in [0, 0.1) is 0 Å². The van der Waals surface area contributed by atoms with E-state index in [-0.39, 0.29) is 25.2 Å². The molecule has 0 fully saturated rings. The Morgan fingerprint density at radius 1 is 0.312 bits per heavy atom. The van der Waals surface area contributed by atoms with Crippen LogP contribution in [0.1, 0.15) is 316 Å². The predicted molar refractivity (Wildman–Crippen MR) is 339 cm³/mol. The highest BCUT2D eigenvalue weighted by atomic mass is 16.6. The molecule has 0 amide bonds. The molecule has 1 unspecified atom stereocenters. The number of allylic oxidation sites excluding steroid dienone is 18. The molecule has 0 saturated carbocycles. The smallest absolute Gasteiger partial charge is 0.306 e. The average Bonchev–Trinajstić information content (AvgIpc) is 3.43. The van der Waals surface area contributed by atoms with E-state index in [1.807, 2.05) is 0 Å². The summed E-state index contributed by atoms with van der Waals surface area (Å²) in [4.78, 5) is 24.6. The van der Waals surface area contributed by atoms with Crippen molar-refractivity contribution in [2.24, 2.45) is 0 Å². The number of ether oxygens (including phenoxy) is 2. The second-order valence-corrected chi connectivity index (χ2v) is 21.8. The van der Waals surface area contributed by atoms with Crippen LogP contribution in [0.2, 0.25) is 0 Å². The topological polar surface area (TPSA) is 72.8 Å². The van der Waals surface area contributed by atoms with Gasteiger partial charge in [0.25, 0.3) is 0 Å². The highest BCUT2D eigenvalue weighted by Crippen LogP contribution is 2.17. The lowest BCUT2D eigenvalue weighted by Gasteiger charge is -2.15. The third-order valence-electron chi connectivity index (χ3n) is 14.3. The molecule has 0 aliphatic heterocycles. The summed E-state index contributed by atoms with van der Waals surface area (Å²) < 4.78 is 10.7. The minimum absolute atomic E-state index is 0.0657. The van der Waals surface area contributed by atoms with Gasteiger partial charge in [-0.05, 0) is 83.5 Å². The molecular weight excluding hydrogens is 945 g/mol. The lowest BCUT2D eigenvalue weighted by atomic mass is 10.0. The van der Waals surface area contributed by atoms with Gasteiger partial charge in [0.1, 0.15) is 6.61 Å². The fourth-order valence-corrected chi connectivity index (χ4v) is 9.43. The van der Waals surface area contributed by atoms with E-state index in [2.05, 4.69) is 123 Å². The van der Waals surface area contributed by atoms with Gasteiger partial charge in [0, 0.05) is 12.8 Å². The third kappa shape index (κ3) is 65.0. The molecule has 0 bridgehead atoms. The molecule has 0 aromatic carbocycles. The lowest BCUT2D eigenvalue weighted by Crippen LogP contribution is -2.28. The van der Waals surface area contributed by atoms with Crippen LogP contribution in [-0.2, 0) is 19.1 Å². The molecule has 1 atom stereocenters. The van der Waals surface area contributed by atoms with Gasteiger partial charge in [-0.25, -0.2) is 0 Å². The monoisotopic (exact) mass is 1070 g/mol. The first-order chi connectivity index (χ1) is 38.1. The van der Waals surface area contributed by atoms with Crippen molar-refractivity contribution in [1.82, 2.24) is 0 Å². The van der Waals surface area contributed by atoms with E-state index in [0.717, 1.165) is 96.3 Å². The summed E-state index contributed by atoms with van der Waals surface area (Å²) in [7, 11) is 0. The Morgan fingerprint density at radius 3 is 0.844 bits per heavy atom. The van der Waals surface area contributed by atoms with Crippen molar-refractivity contribution >= 4 is 11.9 Å². The van der Waals surface area contributed by atoms with E-state index < -0.39 is 6.10 Å². The van der Waals surface area contributed by atoms with Gasteiger partial charge in [0.05, 0.1) is 6.61 Å². The largest absolute Gasteiger partial charge is 0.462 e. The Kier molecular flexibility index (Phi) is 63.9. The van der Waals surface area contributed by atoms with E-state index in [0.29, 0.717) is 12.8 Å². The predicted octanol–water partition coefficient (Wildman–Crippen LogP) is 22.8. The Balaban J connectivity index is 3.50. The zero-order valence-electron chi connectivity index (χ0n) is 50.7. The van der Waals surface area contributed by atoms with Gasteiger partial charge >= 0.3 is 11.9 Å². The average molecular weight is 1070 g/mol. The number of carbonyl (C=O) groups excluding carboxylic acids is 2. The summed E-state index contributed by atoms with van der Waals surface area (Å²) in [5, 5.41) is 9.68. The van der Waals surface area contributed by atoms with Gasteiger partial charge < -0.3 is 14.6 Å². The van der Waals surface area contributed by atoms with E-state index >= 15 is 0 Å². The van der Waals surface area contributed by atoms with Crippen molar-refractivity contribution < 1.29 is 24.2 Å². The van der Waals surface area contributed by atoms with Crippen molar-refractivity contribution in [3.63, 3.8) is 0 Å². The standard InChI is InChI=1S/C72H124O5/c1-3-5-7-9-11-13-15-17-19-21-23-25-27-28-29-30-31-32-33-34-35-36-37-38-39-40-41-42-43-44-45-47-49-51-53-55-57-59-61-63-65-67-72(75)77-70(68-73)69-76-71(74)66-64-62-60-58-56-54-52-50-48-46-26-24-22-20-18-16-14-12-10-8-6-4-2/h5,7,11,13,17,19,23,25,28-29,31-32,34-35,37-38,40-41,70,73H,3-4,6,8-10,12,14-16,18,20-22,24,26-27,30,33,36,39,42-69H2,1-2H3/b7-5-,13-11-,19-17-,25-23-,29-28-,32-31-,35-34-,38-37-,41-40-. The number of hydrogen-bond donors (Lipinski definition) is 1. The number of esters is 2. The molecule has 0 saturated heterocycles. The van der Waals surface area contributed by atoms with Crippen molar-refractivity contribution in [3.8, 4) is 0 Å². The summed E-state index contributed by atoms with van der Waals surface area (Å²) >= 11 is 0. The van der Waals surface area contributed by atoms with Gasteiger partial charge in [-0.1, -0.05) is 329 Å². The number of carbonyl (C=O) groups is 2. The van der Waals surface area contributed by atoms with Gasteiger partial charge in [-0.15, -0.1) is 0 Å². The van der Waals surface area contributed by atoms with Crippen LogP contribution >= 0.6 is 0 Å². The van der Waals surface area contributed by atoms with Crippen LogP contribution in [0.4, 0.5) is 0 Å². The van der Waals surface area contributed by atoms with Gasteiger partial charge in [0.15, 0.2) is 6.10 Å². The highest BCUT2D eigenvalue weighted by Gasteiger charge is 2.16. The molecule has 0 aliphatic rings. The Labute approximate surface area is 478 Å². The number of rotatable bonds is 60. The molecule has 0 aromatic rings. The zero-order chi connectivity index (χ0) is 55.5. The molecule has 77 heavy (non-hydrogen) atoms. The molecule has 442 valence electrons. The summed E-state index contributed by atoms with van der Waals surface area (Å²) in [5.74, 6) is -0.581. The number of unbranched alkanes of at least 4 members (excludes halogenated alkanes) is 34. The summed E-state index contributed by atoms with van der Waals surface area (Å²) in [6.07, 6.45) is 96.7. The molecular formula is C72H124O5. The second-order valence-electron chi connectivity index (χ2n) is 21.8. The van der Waals surface area contributed by atoms with E-state index in [9.17, 15) is 14.7 Å². The molecule has 1 N–H and O–H groups in total.